The number of nitrogens with zero attached hydrogens (tertiary/aromatic N) is 5. The van der Waals surface area contributed by atoms with Crippen LogP contribution in [0.3, 0.4) is 0 Å². The molecule has 0 spiro atoms. The maximum Gasteiger partial charge on any atom is 0.398 e. The van der Waals surface area contributed by atoms with E-state index in [1.165, 1.54) is 0 Å². The molecule has 1 aromatic rings. The molecule has 1 aliphatic rings. The number of aromatic nitrogens is 3. The second kappa shape index (κ2) is 4.84. The van der Waals surface area contributed by atoms with E-state index in [9.17, 15) is 0 Å². The van der Waals surface area contributed by atoms with E-state index >= 15 is 0 Å². The van der Waals surface area contributed by atoms with Gasteiger partial charge in [0.05, 0.1) is 0 Å². The van der Waals surface area contributed by atoms with Crippen LogP contribution in [-0.4, -0.2) is 33.2 Å². The summed E-state index contributed by atoms with van der Waals surface area (Å²) < 4.78 is 1.74. The number of hydrogen-bond donors (Lipinski definition) is 0. The van der Waals surface area contributed by atoms with Gasteiger partial charge in [0, 0.05) is 46.6 Å². The molecule has 2 heterocycles. The van der Waals surface area contributed by atoms with Crippen LogP contribution in [0.5, 0.6) is 0 Å². The third kappa shape index (κ3) is 2.43. The summed E-state index contributed by atoms with van der Waals surface area (Å²) in [4.78, 5) is 8.23. The quantitative estimate of drug-likeness (QED) is 0.689. The van der Waals surface area contributed by atoms with Crippen LogP contribution in [-0.2, 0) is 28.1 Å². The van der Waals surface area contributed by atoms with E-state index in [-0.39, 0.29) is 21.1 Å². The summed E-state index contributed by atoms with van der Waals surface area (Å²) in [6.07, 6.45) is 5.55. The van der Waals surface area contributed by atoms with Crippen LogP contribution in [0, 0.1) is 0 Å². The largest absolute Gasteiger partial charge is 0.401 e. The first-order valence-corrected chi connectivity index (χ1v) is 4.61. The molecule has 0 unspecified atom stereocenters. The Morgan fingerprint density at radius 3 is 2.53 bits per heavy atom. The Balaban J connectivity index is 0.00000112. The van der Waals surface area contributed by atoms with Crippen molar-refractivity contribution < 1.29 is 21.1 Å². The van der Waals surface area contributed by atoms with Crippen molar-refractivity contribution in [1.29, 1.82) is 0 Å². The molecule has 5 nitrogen and oxygen atoms in total. The van der Waals surface area contributed by atoms with Gasteiger partial charge in [0.1, 0.15) is 6.33 Å². The normalized spacial score (nSPS) is 14.4. The zero-order valence-electron chi connectivity index (χ0n) is 8.94. The Bertz CT molecular complexity index is 351. The summed E-state index contributed by atoms with van der Waals surface area (Å²) in [6.45, 7) is 4.28. The molecule has 15 heavy (non-hydrogen) atoms. The van der Waals surface area contributed by atoms with Crippen molar-refractivity contribution in [2.24, 2.45) is 7.05 Å². The molecule has 7 heteroatoms. The standard InChI is InChI=1S/C8H13BN5.Pt/c1-7(2)13-4-5-14(9-13)8-10-6-11-12(8)3;/h4-7H,1-3H3;. The molecule has 0 saturated carbocycles. The third-order valence-electron chi connectivity index (χ3n) is 2.17. The molecule has 0 fully saturated rings. The average molecular weight is 385 g/mol. The van der Waals surface area contributed by atoms with Crippen LogP contribution >= 0.6 is 0 Å². The van der Waals surface area contributed by atoms with Gasteiger partial charge in [0.15, 0.2) is 0 Å². The number of anilines is 1. The van der Waals surface area contributed by atoms with E-state index in [2.05, 4.69) is 28.7 Å². The molecule has 0 N–H and O–H groups in total. The number of hydrogen-bond acceptors (Lipinski definition) is 4. The van der Waals surface area contributed by atoms with E-state index in [0.29, 0.717) is 6.04 Å². The molecule has 0 saturated heterocycles. The van der Waals surface area contributed by atoms with Crippen LogP contribution in [0.4, 0.5) is 5.95 Å². The van der Waals surface area contributed by atoms with Gasteiger partial charge in [-0.3, -0.25) is 0 Å². The number of rotatable bonds is 2. The van der Waals surface area contributed by atoms with Gasteiger partial charge in [-0.1, -0.05) is 0 Å². The van der Waals surface area contributed by atoms with Crippen LogP contribution in [0.1, 0.15) is 13.8 Å². The second-order valence-corrected chi connectivity index (χ2v) is 3.55. The topological polar surface area (TPSA) is 37.2 Å². The van der Waals surface area contributed by atoms with Gasteiger partial charge < -0.3 is 9.62 Å². The molecule has 0 aromatic carbocycles. The van der Waals surface area contributed by atoms with Gasteiger partial charge in [-0.25, -0.2) is 9.67 Å². The maximum absolute atomic E-state index is 4.16. The van der Waals surface area contributed by atoms with Gasteiger partial charge in [0.2, 0.25) is 5.95 Å². The van der Waals surface area contributed by atoms with Gasteiger partial charge in [0.25, 0.3) is 0 Å². The Kier molecular flexibility index (Phi) is 3.97. The van der Waals surface area contributed by atoms with Crippen molar-refractivity contribution in [1.82, 2.24) is 19.6 Å². The summed E-state index contributed by atoms with van der Waals surface area (Å²) in [5.41, 5.74) is 0. The number of aryl methyl sites for hydroxylation is 1. The van der Waals surface area contributed by atoms with Crippen molar-refractivity contribution in [3.63, 3.8) is 0 Å². The molecule has 0 atom stereocenters. The minimum atomic E-state index is 0. The third-order valence-corrected chi connectivity index (χ3v) is 2.17. The van der Waals surface area contributed by atoms with Crippen LogP contribution in [0.25, 0.3) is 0 Å². The Morgan fingerprint density at radius 1 is 1.33 bits per heavy atom. The predicted octanol–water partition coefficient (Wildman–Crippen LogP) is 0.348. The van der Waals surface area contributed by atoms with Crippen molar-refractivity contribution in [2.75, 3.05) is 4.81 Å². The Labute approximate surface area is 105 Å². The molecular weight excluding hydrogens is 372 g/mol. The SMILES string of the molecule is CC(C)N1[B]N(c2ncnn2C)C=C1.[Pt]. The molecule has 83 valence electrons. The fourth-order valence-electron chi connectivity index (χ4n) is 1.32. The minimum Gasteiger partial charge on any atom is -0.401 e. The smallest absolute Gasteiger partial charge is 0.398 e. The van der Waals surface area contributed by atoms with E-state index in [4.69, 9.17) is 0 Å². The second-order valence-electron chi connectivity index (χ2n) is 3.55. The fraction of sp³-hybridized carbons (Fsp3) is 0.500. The Morgan fingerprint density at radius 2 is 2.07 bits per heavy atom. The summed E-state index contributed by atoms with van der Waals surface area (Å²) in [5.74, 6) is 0.824. The average Bonchev–Trinajstić information content (AvgIpc) is 2.71. The first-order valence-electron chi connectivity index (χ1n) is 4.61. The summed E-state index contributed by atoms with van der Waals surface area (Å²) in [5, 5.41) is 4.02. The Hall–Kier alpha value is -0.767. The van der Waals surface area contributed by atoms with Crippen molar-refractivity contribution in [3.8, 4) is 0 Å². The zero-order valence-corrected chi connectivity index (χ0v) is 11.2. The molecule has 1 aromatic heterocycles. The van der Waals surface area contributed by atoms with E-state index in [1.54, 1.807) is 11.0 Å². The molecule has 0 amide bonds. The summed E-state index contributed by atoms with van der Waals surface area (Å²) in [6, 6.07) is 0.462. The van der Waals surface area contributed by atoms with Crippen LogP contribution in [0.15, 0.2) is 18.7 Å². The monoisotopic (exact) mass is 385 g/mol. The summed E-state index contributed by atoms with van der Waals surface area (Å²) in [7, 11) is 3.89. The van der Waals surface area contributed by atoms with Crippen molar-refractivity contribution in [3.05, 3.63) is 18.7 Å². The van der Waals surface area contributed by atoms with Crippen LogP contribution < -0.4 is 4.81 Å². The van der Waals surface area contributed by atoms with E-state index in [0.717, 1.165) is 5.95 Å². The zero-order chi connectivity index (χ0) is 10.1. The van der Waals surface area contributed by atoms with Gasteiger partial charge >= 0.3 is 7.55 Å². The van der Waals surface area contributed by atoms with E-state index < -0.39 is 0 Å². The molecule has 0 aliphatic carbocycles. The molecular formula is C8H13BN5Pt. The molecule has 1 aliphatic heterocycles. The molecule has 1 radical (unpaired) electrons. The van der Waals surface area contributed by atoms with Gasteiger partial charge in [-0.15, -0.1) is 0 Å². The van der Waals surface area contributed by atoms with Gasteiger partial charge in [-0.05, 0) is 13.8 Å². The molecule has 0 bridgehead atoms. The fourth-order valence-corrected chi connectivity index (χ4v) is 1.32. The van der Waals surface area contributed by atoms with Crippen molar-refractivity contribution >= 4 is 13.5 Å². The van der Waals surface area contributed by atoms with E-state index in [1.807, 2.05) is 31.8 Å². The predicted molar refractivity (Wildman–Crippen MR) is 55.4 cm³/mol. The van der Waals surface area contributed by atoms with Crippen LogP contribution in [0.2, 0.25) is 0 Å². The summed E-state index contributed by atoms with van der Waals surface area (Å²) >= 11 is 0. The van der Waals surface area contributed by atoms with Gasteiger partial charge in [-0.2, -0.15) is 5.10 Å². The maximum atomic E-state index is 4.16. The first kappa shape index (κ1) is 12.3. The van der Waals surface area contributed by atoms with Crippen molar-refractivity contribution in [2.45, 2.75) is 19.9 Å². The minimum absolute atomic E-state index is 0. The first-order chi connectivity index (χ1) is 6.68. The molecule has 2 rings (SSSR count).